The highest BCUT2D eigenvalue weighted by molar-refractivity contribution is 8.00. The number of nitrogens with zero attached hydrogens (tertiary/aromatic N) is 2. The molecule has 18 heavy (non-hydrogen) atoms. The van der Waals surface area contributed by atoms with Crippen molar-refractivity contribution in [2.45, 2.75) is 38.2 Å². The predicted octanol–water partition coefficient (Wildman–Crippen LogP) is 2.75. The van der Waals surface area contributed by atoms with Gasteiger partial charge in [-0.3, -0.25) is 4.68 Å². The Hall–Kier alpha value is -0.230. The third kappa shape index (κ3) is 4.80. The molecule has 0 spiro atoms. The van der Waals surface area contributed by atoms with Crippen LogP contribution < -0.4 is 0 Å². The van der Waals surface area contributed by atoms with E-state index >= 15 is 0 Å². The van der Waals surface area contributed by atoms with Gasteiger partial charge in [-0.25, -0.2) is 0 Å². The average molecular weight is 293 g/mol. The summed E-state index contributed by atoms with van der Waals surface area (Å²) in [7, 11) is 1.64. The van der Waals surface area contributed by atoms with Gasteiger partial charge >= 0.3 is 0 Å². The molecule has 6 heteroatoms. The van der Waals surface area contributed by atoms with E-state index in [0.29, 0.717) is 29.6 Å². The maximum absolute atomic E-state index is 10.2. The Balaban J connectivity index is 2.71. The van der Waals surface area contributed by atoms with Crippen LogP contribution in [-0.4, -0.2) is 39.1 Å². The van der Waals surface area contributed by atoms with Crippen LogP contribution in [0.25, 0.3) is 0 Å². The lowest BCUT2D eigenvalue weighted by Gasteiger charge is -2.20. The van der Waals surface area contributed by atoms with Crippen molar-refractivity contribution in [3.8, 4) is 0 Å². The minimum absolute atomic E-state index is 0.116. The van der Waals surface area contributed by atoms with Gasteiger partial charge < -0.3 is 9.84 Å². The molecule has 4 nitrogen and oxygen atoms in total. The summed E-state index contributed by atoms with van der Waals surface area (Å²) in [6, 6.07) is 0. The molecular formula is C12H21ClN2O2S. The Morgan fingerprint density at radius 2 is 2.22 bits per heavy atom. The highest BCUT2D eigenvalue weighted by Gasteiger charge is 2.21. The first-order valence-electron chi connectivity index (χ1n) is 5.87. The van der Waals surface area contributed by atoms with E-state index in [4.69, 9.17) is 16.3 Å². The van der Waals surface area contributed by atoms with Crippen LogP contribution in [-0.2, 0) is 11.3 Å². The molecule has 0 amide bonds. The van der Waals surface area contributed by atoms with Gasteiger partial charge in [0.25, 0.3) is 0 Å². The smallest absolute Gasteiger partial charge is 0.106 e. The number of aliphatic hydroxyl groups excluding tert-OH is 1. The summed E-state index contributed by atoms with van der Waals surface area (Å²) in [4.78, 5) is 0. The summed E-state index contributed by atoms with van der Waals surface area (Å²) in [5, 5.41) is 14.9. The second-order valence-electron chi connectivity index (χ2n) is 5.03. The molecule has 0 saturated heterocycles. The molecule has 104 valence electrons. The number of ether oxygens (including phenoxy) is 1. The van der Waals surface area contributed by atoms with Gasteiger partial charge in [-0.2, -0.15) is 16.9 Å². The molecule has 1 heterocycles. The largest absolute Gasteiger partial charge is 0.386 e. The molecule has 0 aromatic carbocycles. The van der Waals surface area contributed by atoms with Gasteiger partial charge in [0.05, 0.1) is 30.1 Å². The lowest BCUT2D eigenvalue weighted by atomic mass is 10.2. The third-order valence-corrected chi connectivity index (χ3v) is 3.97. The minimum Gasteiger partial charge on any atom is -0.386 e. The molecular weight excluding hydrogens is 272 g/mol. The van der Waals surface area contributed by atoms with Crippen LogP contribution in [0.4, 0.5) is 0 Å². The molecule has 0 aliphatic rings. The number of thioether (sulfide) groups is 1. The first-order chi connectivity index (χ1) is 8.35. The molecule has 0 bridgehead atoms. The van der Waals surface area contributed by atoms with Crippen LogP contribution >= 0.6 is 23.4 Å². The van der Waals surface area contributed by atoms with Crippen molar-refractivity contribution in [3.63, 3.8) is 0 Å². The first kappa shape index (κ1) is 15.8. The standard InChI is InChI=1S/C12H21ClN2O2S/c1-12(2,3)18-8-10(16)11-9(13)7-14-15(11)5-6-17-4/h7,10,16H,5-6,8H2,1-4H3. The topological polar surface area (TPSA) is 47.3 Å². The van der Waals surface area contributed by atoms with E-state index in [0.717, 1.165) is 0 Å². The lowest BCUT2D eigenvalue weighted by Crippen LogP contribution is -2.17. The molecule has 1 rings (SSSR count). The van der Waals surface area contributed by atoms with Crippen LogP contribution in [0.2, 0.25) is 5.02 Å². The quantitative estimate of drug-likeness (QED) is 0.876. The number of rotatable bonds is 6. The molecule has 1 atom stereocenters. The second-order valence-corrected chi connectivity index (χ2v) is 7.29. The van der Waals surface area contributed by atoms with Gasteiger partial charge in [-0.15, -0.1) is 0 Å². The molecule has 0 aliphatic carbocycles. The van der Waals surface area contributed by atoms with Crippen molar-refractivity contribution < 1.29 is 9.84 Å². The Morgan fingerprint density at radius 3 is 2.78 bits per heavy atom. The number of halogens is 1. The van der Waals surface area contributed by atoms with Gasteiger partial charge in [-0.05, 0) is 0 Å². The summed E-state index contributed by atoms with van der Waals surface area (Å²) >= 11 is 7.78. The van der Waals surface area contributed by atoms with E-state index in [1.54, 1.807) is 29.8 Å². The maximum atomic E-state index is 10.2. The van der Waals surface area contributed by atoms with Crippen molar-refractivity contribution in [1.82, 2.24) is 9.78 Å². The van der Waals surface area contributed by atoms with Crippen LogP contribution in [0.15, 0.2) is 6.20 Å². The molecule has 1 aromatic heterocycles. The summed E-state index contributed by atoms with van der Waals surface area (Å²) in [6.07, 6.45) is 0.957. The molecule has 1 N–H and O–H groups in total. The number of aliphatic hydroxyl groups is 1. The van der Waals surface area contributed by atoms with Crippen LogP contribution in [0.3, 0.4) is 0 Å². The monoisotopic (exact) mass is 292 g/mol. The van der Waals surface area contributed by atoms with Gasteiger partial charge in [0.2, 0.25) is 0 Å². The van der Waals surface area contributed by atoms with Crippen molar-refractivity contribution in [2.75, 3.05) is 19.5 Å². The van der Waals surface area contributed by atoms with Crippen LogP contribution in [0.5, 0.6) is 0 Å². The SMILES string of the molecule is COCCn1ncc(Cl)c1C(O)CSC(C)(C)C. The highest BCUT2D eigenvalue weighted by atomic mass is 35.5. The van der Waals surface area contributed by atoms with Gasteiger partial charge in [0.1, 0.15) is 6.10 Å². The van der Waals surface area contributed by atoms with Crippen molar-refractivity contribution >= 4 is 23.4 Å². The summed E-state index contributed by atoms with van der Waals surface area (Å²) in [6.45, 7) is 7.50. The second kappa shape index (κ2) is 6.80. The number of hydrogen-bond acceptors (Lipinski definition) is 4. The van der Waals surface area contributed by atoms with Crippen LogP contribution in [0.1, 0.15) is 32.6 Å². The Labute approximate surface area is 118 Å². The Bertz CT molecular complexity index is 377. The number of aromatic nitrogens is 2. The summed E-state index contributed by atoms with van der Waals surface area (Å²) < 4.78 is 6.84. The van der Waals surface area contributed by atoms with Crippen molar-refractivity contribution in [3.05, 3.63) is 16.9 Å². The fraction of sp³-hybridized carbons (Fsp3) is 0.750. The predicted molar refractivity (Wildman–Crippen MR) is 76.3 cm³/mol. The molecule has 0 saturated carbocycles. The normalized spacial score (nSPS) is 13.9. The molecule has 0 aliphatic heterocycles. The zero-order chi connectivity index (χ0) is 13.8. The first-order valence-corrected chi connectivity index (χ1v) is 7.23. The zero-order valence-corrected chi connectivity index (χ0v) is 12.9. The Morgan fingerprint density at radius 1 is 1.56 bits per heavy atom. The number of methoxy groups -OCH3 is 1. The fourth-order valence-electron chi connectivity index (χ4n) is 1.47. The van der Waals surface area contributed by atoms with E-state index in [2.05, 4.69) is 25.9 Å². The zero-order valence-electron chi connectivity index (χ0n) is 11.3. The van der Waals surface area contributed by atoms with Crippen molar-refractivity contribution in [2.24, 2.45) is 0 Å². The average Bonchev–Trinajstić information content (AvgIpc) is 2.64. The van der Waals surface area contributed by atoms with Gasteiger partial charge in [0.15, 0.2) is 0 Å². The van der Waals surface area contributed by atoms with E-state index in [-0.39, 0.29) is 4.75 Å². The van der Waals surface area contributed by atoms with E-state index < -0.39 is 6.10 Å². The van der Waals surface area contributed by atoms with Gasteiger partial charge in [0, 0.05) is 17.6 Å². The fourth-order valence-corrected chi connectivity index (χ4v) is 2.55. The molecule has 0 radical (unpaired) electrons. The number of hydrogen-bond donors (Lipinski definition) is 1. The third-order valence-electron chi connectivity index (χ3n) is 2.33. The highest BCUT2D eigenvalue weighted by Crippen LogP contribution is 2.31. The molecule has 0 fully saturated rings. The van der Waals surface area contributed by atoms with E-state index in [1.807, 2.05) is 0 Å². The minimum atomic E-state index is -0.610. The summed E-state index contributed by atoms with van der Waals surface area (Å²) in [5.41, 5.74) is 0.672. The molecule has 1 unspecified atom stereocenters. The molecule has 1 aromatic rings. The van der Waals surface area contributed by atoms with Crippen molar-refractivity contribution in [1.29, 1.82) is 0 Å². The van der Waals surface area contributed by atoms with Gasteiger partial charge in [-0.1, -0.05) is 32.4 Å². The van der Waals surface area contributed by atoms with E-state index in [9.17, 15) is 5.11 Å². The van der Waals surface area contributed by atoms with E-state index in [1.165, 1.54) is 0 Å². The van der Waals surface area contributed by atoms with Crippen LogP contribution in [0, 0.1) is 0 Å². The summed E-state index contributed by atoms with van der Waals surface area (Å²) in [5.74, 6) is 0.599. The maximum Gasteiger partial charge on any atom is 0.106 e. The Kier molecular flexibility index (Phi) is 5.98. The lowest BCUT2D eigenvalue weighted by molar-refractivity contribution is 0.166.